The third-order valence-electron chi connectivity index (χ3n) is 7.03. The minimum absolute atomic E-state index is 0.106. The van der Waals surface area contributed by atoms with Crippen LogP contribution in [0.2, 0.25) is 0 Å². The minimum atomic E-state index is -0.994. The predicted octanol–water partition coefficient (Wildman–Crippen LogP) is 3.59. The summed E-state index contributed by atoms with van der Waals surface area (Å²) in [5, 5.41) is 23.3. The molecule has 3 aromatic carbocycles. The van der Waals surface area contributed by atoms with Crippen molar-refractivity contribution in [2.45, 2.75) is 19.9 Å². The highest BCUT2D eigenvalue weighted by Crippen LogP contribution is 2.41. The first-order valence-electron chi connectivity index (χ1n) is 13.0. The molecule has 12 nitrogen and oxygen atoms in total. The van der Waals surface area contributed by atoms with Gasteiger partial charge in [-0.2, -0.15) is 0 Å². The van der Waals surface area contributed by atoms with Crippen molar-refractivity contribution < 1.29 is 33.8 Å². The zero-order valence-corrected chi connectivity index (χ0v) is 24.7. The van der Waals surface area contributed by atoms with Crippen molar-refractivity contribution in [3.05, 3.63) is 94.7 Å². The molecule has 0 spiro atoms. The van der Waals surface area contributed by atoms with E-state index in [9.17, 15) is 24.8 Å². The molecule has 0 saturated heterocycles. The zero-order chi connectivity index (χ0) is 31.0. The highest BCUT2D eigenvalue weighted by Gasteiger charge is 2.36. The smallest absolute Gasteiger partial charge is 0.338 e. The lowest BCUT2D eigenvalue weighted by Gasteiger charge is -2.27. The van der Waals surface area contributed by atoms with E-state index in [1.807, 2.05) is 24.3 Å². The Bertz CT molecular complexity index is 2000. The topological polar surface area (TPSA) is 152 Å². The zero-order valence-electron chi connectivity index (χ0n) is 23.9. The van der Waals surface area contributed by atoms with E-state index in [2.05, 4.69) is 4.99 Å². The quantitative estimate of drug-likeness (QED) is 0.180. The molecule has 0 fully saturated rings. The monoisotopic (exact) mass is 605 g/mol. The number of fused-ring (bicyclic) bond motifs is 2. The average Bonchev–Trinajstić information content (AvgIpc) is 3.29. The van der Waals surface area contributed by atoms with Gasteiger partial charge in [0.25, 0.3) is 5.56 Å². The van der Waals surface area contributed by atoms with Gasteiger partial charge in [0.15, 0.2) is 10.6 Å². The number of nitrogens with zero attached hydrogens (tertiary/aromatic N) is 3. The van der Waals surface area contributed by atoms with Crippen LogP contribution >= 0.6 is 11.3 Å². The second-order valence-corrected chi connectivity index (χ2v) is 10.4. The summed E-state index contributed by atoms with van der Waals surface area (Å²) in [6.45, 7) is 3.46. The lowest BCUT2D eigenvalue weighted by atomic mass is 9.90. The number of esters is 1. The fourth-order valence-electron chi connectivity index (χ4n) is 5.10. The standard InChI is InChI=1S/C30H27N3O9S/c1-6-42-29(36)24-15(2)31-30-32(26(24)25-19-14-18(39-3)9-7-17(19)8-10-21(25)40-4)28(35)23(43-30)13-16-11-20(33(37)38)27(34)22(12-16)41-5/h7-14,26,34H,6H2,1-5H3. The van der Waals surface area contributed by atoms with Gasteiger partial charge < -0.3 is 24.1 Å². The molecule has 0 amide bonds. The van der Waals surface area contributed by atoms with Gasteiger partial charge in [0.1, 0.15) is 17.5 Å². The summed E-state index contributed by atoms with van der Waals surface area (Å²) in [4.78, 5) is 43.3. The number of benzene rings is 3. The van der Waals surface area contributed by atoms with E-state index in [-0.39, 0.29) is 28.0 Å². The Labute approximate surface area is 248 Å². The maximum Gasteiger partial charge on any atom is 0.338 e. The second kappa shape index (κ2) is 11.6. The van der Waals surface area contributed by atoms with Gasteiger partial charge in [0.2, 0.25) is 5.75 Å². The summed E-state index contributed by atoms with van der Waals surface area (Å²) in [6, 6.07) is 10.6. The maximum atomic E-state index is 14.2. The molecule has 222 valence electrons. The fraction of sp³-hybridized carbons (Fsp3) is 0.233. The van der Waals surface area contributed by atoms with Gasteiger partial charge in [0, 0.05) is 11.6 Å². The van der Waals surface area contributed by atoms with Crippen LogP contribution in [0.1, 0.15) is 31.0 Å². The van der Waals surface area contributed by atoms with Gasteiger partial charge in [-0.05, 0) is 60.5 Å². The Balaban J connectivity index is 1.85. The van der Waals surface area contributed by atoms with Crippen LogP contribution in [-0.4, -0.2) is 48.5 Å². The average molecular weight is 606 g/mol. The van der Waals surface area contributed by atoms with E-state index in [0.717, 1.165) is 22.8 Å². The molecule has 1 aromatic heterocycles. The molecule has 1 aliphatic rings. The summed E-state index contributed by atoms with van der Waals surface area (Å²) < 4.78 is 23.4. The molecule has 2 heterocycles. The SMILES string of the molecule is CCOC(=O)C1=C(C)N=c2sc(=Cc3cc(OC)c(O)c([N+](=O)[O-])c3)c(=O)n2C1c1c(OC)ccc2ccc(OC)cc12. The van der Waals surface area contributed by atoms with Gasteiger partial charge in [0.05, 0.1) is 48.7 Å². The molecule has 1 aliphatic heterocycles. The fourth-order valence-corrected chi connectivity index (χ4v) is 6.14. The Morgan fingerprint density at radius 2 is 1.84 bits per heavy atom. The molecule has 0 radical (unpaired) electrons. The normalized spacial score (nSPS) is 14.7. The predicted molar refractivity (Wildman–Crippen MR) is 159 cm³/mol. The number of aromatic nitrogens is 1. The number of hydrogen-bond acceptors (Lipinski definition) is 11. The number of allylic oxidation sites excluding steroid dienone is 1. The van der Waals surface area contributed by atoms with Crippen molar-refractivity contribution in [1.82, 2.24) is 4.57 Å². The van der Waals surface area contributed by atoms with Gasteiger partial charge in [-0.1, -0.05) is 23.5 Å². The molecule has 0 aliphatic carbocycles. The summed E-state index contributed by atoms with van der Waals surface area (Å²) in [5.41, 5.74) is 0.227. The number of rotatable bonds is 8. The molecule has 13 heteroatoms. The summed E-state index contributed by atoms with van der Waals surface area (Å²) in [7, 11) is 4.31. The summed E-state index contributed by atoms with van der Waals surface area (Å²) in [6.07, 6.45) is 1.45. The van der Waals surface area contributed by atoms with Crippen LogP contribution in [0.3, 0.4) is 0 Å². The van der Waals surface area contributed by atoms with Crippen LogP contribution in [0.15, 0.2) is 63.5 Å². The third kappa shape index (κ3) is 5.07. The van der Waals surface area contributed by atoms with Crippen LogP contribution in [0.25, 0.3) is 16.8 Å². The molecule has 0 bridgehead atoms. The van der Waals surface area contributed by atoms with Gasteiger partial charge in [-0.15, -0.1) is 0 Å². The molecule has 1 unspecified atom stereocenters. The lowest BCUT2D eigenvalue weighted by molar-refractivity contribution is -0.386. The molecule has 1 N–H and O–H groups in total. The van der Waals surface area contributed by atoms with Crippen LogP contribution < -0.4 is 29.1 Å². The first kappa shape index (κ1) is 29.3. The number of nitro groups is 1. The van der Waals surface area contributed by atoms with Crippen molar-refractivity contribution in [3.63, 3.8) is 0 Å². The summed E-state index contributed by atoms with van der Waals surface area (Å²) >= 11 is 1.05. The molecule has 0 saturated carbocycles. The number of hydrogen-bond donors (Lipinski definition) is 1. The van der Waals surface area contributed by atoms with Crippen LogP contribution in [0.5, 0.6) is 23.0 Å². The Morgan fingerprint density at radius 1 is 1.12 bits per heavy atom. The Morgan fingerprint density at radius 3 is 2.49 bits per heavy atom. The molecule has 5 rings (SSSR count). The molecular weight excluding hydrogens is 578 g/mol. The van der Waals surface area contributed by atoms with E-state index >= 15 is 0 Å². The molecule has 43 heavy (non-hydrogen) atoms. The van der Waals surface area contributed by atoms with Crippen molar-refractivity contribution in [1.29, 1.82) is 0 Å². The van der Waals surface area contributed by atoms with Gasteiger partial charge in [-0.3, -0.25) is 19.5 Å². The highest BCUT2D eigenvalue weighted by atomic mass is 32.1. The lowest BCUT2D eigenvalue weighted by Crippen LogP contribution is -2.40. The molecular formula is C30H27N3O9S. The van der Waals surface area contributed by atoms with E-state index in [0.29, 0.717) is 32.9 Å². The molecule has 1 atom stereocenters. The van der Waals surface area contributed by atoms with Crippen molar-refractivity contribution in [2.24, 2.45) is 4.99 Å². The van der Waals surface area contributed by atoms with E-state index in [1.165, 1.54) is 30.9 Å². The highest BCUT2D eigenvalue weighted by molar-refractivity contribution is 7.07. The first-order chi connectivity index (χ1) is 20.6. The third-order valence-corrected chi connectivity index (χ3v) is 8.02. The van der Waals surface area contributed by atoms with E-state index in [1.54, 1.807) is 27.0 Å². The Hall–Kier alpha value is -5.17. The number of phenols is 1. The van der Waals surface area contributed by atoms with Crippen LogP contribution in [0.4, 0.5) is 5.69 Å². The summed E-state index contributed by atoms with van der Waals surface area (Å²) in [5.74, 6) is -0.393. The number of methoxy groups -OCH3 is 3. The number of carbonyl (C=O) groups is 1. The number of carbonyl (C=O) groups excluding carboxylic acids is 1. The molecule has 4 aromatic rings. The van der Waals surface area contributed by atoms with E-state index < -0.39 is 33.9 Å². The number of ether oxygens (including phenoxy) is 4. The first-order valence-corrected chi connectivity index (χ1v) is 13.8. The largest absolute Gasteiger partial charge is 0.500 e. The number of phenolic OH excluding ortho intramolecular Hbond substituents is 1. The van der Waals surface area contributed by atoms with Crippen molar-refractivity contribution in [3.8, 4) is 23.0 Å². The Kier molecular flexibility index (Phi) is 7.91. The minimum Gasteiger partial charge on any atom is -0.500 e. The van der Waals surface area contributed by atoms with Gasteiger partial charge >= 0.3 is 11.7 Å². The van der Waals surface area contributed by atoms with Crippen molar-refractivity contribution >= 4 is 39.8 Å². The van der Waals surface area contributed by atoms with E-state index in [4.69, 9.17) is 18.9 Å². The van der Waals surface area contributed by atoms with Crippen LogP contribution in [-0.2, 0) is 9.53 Å². The van der Waals surface area contributed by atoms with Crippen LogP contribution in [0, 0.1) is 10.1 Å². The number of aromatic hydroxyl groups is 1. The number of thiazole rings is 1. The van der Waals surface area contributed by atoms with Gasteiger partial charge in [-0.25, -0.2) is 9.79 Å². The van der Waals surface area contributed by atoms with Crippen molar-refractivity contribution in [2.75, 3.05) is 27.9 Å². The maximum absolute atomic E-state index is 14.2. The number of nitro benzene ring substituents is 1. The second-order valence-electron chi connectivity index (χ2n) is 9.42.